The maximum atomic E-state index is 12.7. The molecule has 0 saturated heterocycles. The van der Waals surface area contributed by atoms with Crippen LogP contribution in [0.2, 0.25) is 0 Å². The fourth-order valence-corrected chi connectivity index (χ4v) is 2.84. The number of nitro groups is 1. The summed E-state index contributed by atoms with van der Waals surface area (Å²) in [6.07, 6.45) is 3.04. The number of hydrogen-bond acceptors (Lipinski definition) is 7. The summed E-state index contributed by atoms with van der Waals surface area (Å²) in [4.78, 5) is 27.6. The first-order valence-electron chi connectivity index (χ1n) is 8.60. The molecule has 1 aromatic heterocycles. The number of carbonyl (C=O) groups is 1. The second kappa shape index (κ2) is 8.39. The van der Waals surface area contributed by atoms with E-state index in [2.05, 4.69) is 4.98 Å². The fourth-order valence-electron chi connectivity index (χ4n) is 2.84. The molecule has 0 spiro atoms. The summed E-state index contributed by atoms with van der Waals surface area (Å²) in [6.45, 7) is 1.55. The molecule has 0 aliphatic rings. The van der Waals surface area contributed by atoms with Crippen molar-refractivity contribution in [1.29, 1.82) is 0 Å². The maximum absolute atomic E-state index is 12.7. The Morgan fingerprint density at radius 2 is 1.86 bits per heavy atom. The molecule has 0 atom stereocenters. The molecule has 0 unspecified atom stereocenters. The molecule has 0 amide bonds. The highest BCUT2D eigenvalue weighted by atomic mass is 16.6. The fraction of sp³-hybridized carbons (Fsp3) is 0.143. The van der Waals surface area contributed by atoms with Gasteiger partial charge in [0.1, 0.15) is 5.52 Å². The molecule has 0 aliphatic heterocycles. The van der Waals surface area contributed by atoms with Gasteiger partial charge in [-0.1, -0.05) is 18.2 Å². The molecule has 0 radical (unpaired) electrons. The van der Waals surface area contributed by atoms with Gasteiger partial charge >= 0.3 is 11.7 Å². The van der Waals surface area contributed by atoms with Gasteiger partial charge in [0.25, 0.3) is 0 Å². The standard InChI is InChI=1S/C21H18N2O6/c1-13(12-15-6-4-8-17(27-2)19(15)28-3)21(24)29-20-16(23(25)26)10-9-14-7-5-11-22-18(14)20/h4-12H,1-3H3. The molecule has 1 heterocycles. The average molecular weight is 394 g/mol. The first-order valence-corrected chi connectivity index (χ1v) is 8.60. The topological polar surface area (TPSA) is 101 Å². The zero-order valence-corrected chi connectivity index (χ0v) is 16.0. The molecule has 0 fully saturated rings. The third-order valence-corrected chi connectivity index (χ3v) is 4.23. The minimum Gasteiger partial charge on any atom is -0.493 e. The van der Waals surface area contributed by atoms with Gasteiger partial charge in [0.05, 0.1) is 19.1 Å². The molecule has 3 rings (SSSR count). The highest BCUT2D eigenvalue weighted by Crippen LogP contribution is 2.35. The van der Waals surface area contributed by atoms with Crippen molar-refractivity contribution in [3.8, 4) is 17.2 Å². The van der Waals surface area contributed by atoms with Gasteiger partial charge in [-0.15, -0.1) is 0 Å². The van der Waals surface area contributed by atoms with Crippen molar-refractivity contribution in [2.24, 2.45) is 0 Å². The Balaban J connectivity index is 2.00. The number of methoxy groups -OCH3 is 2. The first kappa shape index (κ1) is 19.8. The van der Waals surface area contributed by atoms with Crippen molar-refractivity contribution in [3.05, 3.63) is 69.9 Å². The van der Waals surface area contributed by atoms with Crippen LogP contribution in [-0.2, 0) is 4.79 Å². The monoisotopic (exact) mass is 394 g/mol. The van der Waals surface area contributed by atoms with E-state index >= 15 is 0 Å². The van der Waals surface area contributed by atoms with Crippen molar-refractivity contribution in [2.45, 2.75) is 6.92 Å². The quantitative estimate of drug-likeness (QED) is 0.203. The third-order valence-electron chi connectivity index (χ3n) is 4.23. The van der Waals surface area contributed by atoms with Gasteiger partial charge in [-0.3, -0.25) is 15.1 Å². The zero-order valence-electron chi connectivity index (χ0n) is 16.0. The van der Waals surface area contributed by atoms with Gasteiger partial charge < -0.3 is 14.2 Å². The predicted molar refractivity (Wildman–Crippen MR) is 107 cm³/mol. The van der Waals surface area contributed by atoms with Crippen LogP contribution in [0.4, 0.5) is 5.69 Å². The van der Waals surface area contributed by atoms with Crippen LogP contribution in [0, 0.1) is 10.1 Å². The maximum Gasteiger partial charge on any atom is 0.339 e. The van der Waals surface area contributed by atoms with Crippen LogP contribution in [0.1, 0.15) is 12.5 Å². The SMILES string of the molecule is COc1cccc(C=C(C)C(=O)Oc2c([N+](=O)[O-])ccc3cccnc23)c1OC. The van der Waals surface area contributed by atoms with Gasteiger partial charge in [0.15, 0.2) is 11.5 Å². The summed E-state index contributed by atoms with van der Waals surface area (Å²) in [5, 5.41) is 12.0. The number of esters is 1. The Hall–Kier alpha value is -3.94. The Morgan fingerprint density at radius 1 is 1.07 bits per heavy atom. The van der Waals surface area contributed by atoms with E-state index in [1.54, 1.807) is 49.4 Å². The van der Waals surface area contributed by atoms with E-state index in [4.69, 9.17) is 14.2 Å². The molecular formula is C21H18N2O6. The third kappa shape index (κ3) is 4.01. The lowest BCUT2D eigenvalue weighted by Crippen LogP contribution is -2.11. The van der Waals surface area contributed by atoms with E-state index in [0.29, 0.717) is 22.4 Å². The lowest BCUT2D eigenvalue weighted by Gasteiger charge is -2.11. The van der Waals surface area contributed by atoms with Crippen molar-refractivity contribution in [1.82, 2.24) is 4.98 Å². The van der Waals surface area contributed by atoms with E-state index in [1.165, 1.54) is 26.5 Å². The number of hydrogen-bond donors (Lipinski definition) is 0. The van der Waals surface area contributed by atoms with E-state index in [-0.39, 0.29) is 22.5 Å². The van der Waals surface area contributed by atoms with Crippen LogP contribution in [0.25, 0.3) is 17.0 Å². The molecule has 2 aromatic carbocycles. The molecule has 0 bridgehead atoms. The summed E-state index contributed by atoms with van der Waals surface area (Å²) in [6, 6.07) is 11.5. The number of benzene rings is 2. The van der Waals surface area contributed by atoms with E-state index in [0.717, 1.165) is 0 Å². The number of para-hydroxylation sites is 1. The molecule has 0 aliphatic carbocycles. The highest BCUT2D eigenvalue weighted by Gasteiger charge is 2.23. The van der Waals surface area contributed by atoms with Crippen LogP contribution in [0.3, 0.4) is 0 Å². The summed E-state index contributed by atoms with van der Waals surface area (Å²) in [5.74, 6) is 0.0378. The molecule has 0 saturated carbocycles. The lowest BCUT2D eigenvalue weighted by atomic mass is 10.1. The minimum atomic E-state index is -0.740. The summed E-state index contributed by atoms with van der Waals surface area (Å²) in [7, 11) is 3.01. The van der Waals surface area contributed by atoms with Crippen LogP contribution < -0.4 is 14.2 Å². The number of aromatic nitrogens is 1. The molecular weight excluding hydrogens is 376 g/mol. The molecule has 0 N–H and O–H groups in total. The summed E-state index contributed by atoms with van der Waals surface area (Å²) >= 11 is 0. The van der Waals surface area contributed by atoms with Gasteiger partial charge in [-0.05, 0) is 31.2 Å². The van der Waals surface area contributed by atoms with Gasteiger partial charge in [0.2, 0.25) is 5.75 Å². The number of ether oxygens (including phenoxy) is 3. The number of rotatable bonds is 6. The van der Waals surface area contributed by atoms with Crippen molar-refractivity contribution in [3.63, 3.8) is 0 Å². The molecule has 29 heavy (non-hydrogen) atoms. The Labute approximate surface area is 166 Å². The normalized spacial score (nSPS) is 11.2. The van der Waals surface area contributed by atoms with E-state index in [9.17, 15) is 14.9 Å². The van der Waals surface area contributed by atoms with Crippen LogP contribution in [-0.4, -0.2) is 30.1 Å². The number of nitro benzene ring substituents is 1. The predicted octanol–water partition coefficient (Wildman–Crippen LogP) is 4.17. The number of carbonyl (C=O) groups excluding carboxylic acids is 1. The molecule has 8 heteroatoms. The van der Waals surface area contributed by atoms with E-state index < -0.39 is 10.9 Å². The summed E-state index contributed by atoms with van der Waals surface area (Å²) in [5.41, 5.74) is 0.726. The van der Waals surface area contributed by atoms with Crippen LogP contribution >= 0.6 is 0 Å². The zero-order chi connectivity index (χ0) is 21.0. The van der Waals surface area contributed by atoms with Crippen LogP contribution in [0.5, 0.6) is 17.2 Å². The second-order valence-electron chi connectivity index (χ2n) is 6.05. The summed E-state index contributed by atoms with van der Waals surface area (Å²) < 4.78 is 16.0. The van der Waals surface area contributed by atoms with Crippen molar-refractivity contribution < 1.29 is 23.9 Å². The van der Waals surface area contributed by atoms with Crippen molar-refractivity contribution in [2.75, 3.05) is 14.2 Å². The number of fused-ring (bicyclic) bond motifs is 1. The number of nitrogens with zero attached hydrogens (tertiary/aromatic N) is 2. The van der Waals surface area contributed by atoms with Gasteiger partial charge in [-0.25, -0.2) is 4.79 Å². The highest BCUT2D eigenvalue weighted by molar-refractivity contribution is 5.98. The van der Waals surface area contributed by atoms with Gasteiger partial charge in [0, 0.05) is 28.8 Å². The largest absolute Gasteiger partial charge is 0.493 e. The second-order valence-corrected chi connectivity index (χ2v) is 6.05. The first-order chi connectivity index (χ1) is 14.0. The Kier molecular flexibility index (Phi) is 5.73. The van der Waals surface area contributed by atoms with E-state index in [1.807, 2.05) is 0 Å². The van der Waals surface area contributed by atoms with Gasteiger partial charge in [-0.2, -0.15) is 0 Å². The number of pyridine rings is 1. The van der Waals surface area contributed by atoms with Crippen molar-refractivity contribution >= 4 is 28.6 Å². The van der Waals surface area contributed by atoms with Crippen LogP contribution in [0.15, 0.2) is 54.2 Å². The smallest absolute Gasteiger partial charge is 0.339 e. The molecule has 8 nitrogen and oxygen atoms in total. The molecule has 148 valence electrons. The lowest BCUT2D eigenvalue weighted by molar-refractivity contribution is -0.385. The Morgan fingerprint density at radius 3 is 2.55 bits per heavy atom. The molecule has 3 aromatic rings. The minimum absolute atomic E-state index is 0.191. The Bertz CT molecular complexity index is 1120. The average Bonchev–Trinajstić information content (AvgIpc) is 2.73.